The number of benzene rings is 1. The Morgan fingerprint density at radius 3 is 2.77 bits per heavy atom. The van der Waals surface area contributed by atoms with Crippen molar-refractivity contribution >= 4 is 10.9 Å². The number of tetrazole rings is 1. The molecule has 3 aromatic rings. The van der Waals surface area contributed by atoms with Crippen LogP contribution in [0.15, 0.2) is 29.1 Å². The van der Waals surface area contributed by atoms with Crippen LogP contribution in [-0.2, 0) is 4.74 Å². The Bertz CT molecular complexity index is 1080. The number of nitrogens with one attached hydrogen (secondary N) is 2. The number of aryl methyl sites for hydroxylation is 1. The van der Waals surface area contributed by atoms with Crippen LogP contribution < -0.4 is 10.5 Å². The molecular formula is C22H29N6O2+. The topological polar surface area (TPSA) is 90.1 Å². The molecule has 3 heterocycles. The third-order valence-corrected chi connectivity index (χ3v) is 6.58. The van der Waals surface area contributed by atoms with Crippen LogP contribution in [0.1, 0.15) is 61.1 Å². The molecule has 0 bridgehead atoms. The van der Waals surface area contributed by atoms with Gasteiger partial charge in [0, 0.05) is 5.52 Å². The lowest BCUT2D eigenvalue weighted by molar-refractivity contribution is -0.933. The van der Waals surface area contributed by atoms with Crippen molar-refractivity contribution in [3.63, 3.8) is 0 Å². The first-order chi connectivity index (χ1) is 14.7. The van der Waals surface area contributed by atoms with Gasteiger partial charge in [-0.3, -0.25) is 4.79 Å². The molecule has 1 aliphatic carbocycles. The summed E-state index contributed by atoms with van der Waals surface area (Å²) in [6.07, 6.45) is 5.87. The number of hydrogen-bond donors (Lipinski definition) is 2. The van der Waals surface area contributed by atoms with E-state index in [9.17, 15) is 4.79 Å². The highest BCUT2D eigenvalue weighted by Gasteiger charge is 2.36. The molecule has 2 N–H and O–H groups in total. The molecule has 2 aromatic heterocycles. The fourth-order valence-electron chi connectivity index (χ4n) is 5.00. The Hall–Kier alpha value is -2.58. The lowest BCUT2D eigenvalue weighted by Gasteiger charge is -2.32. The van der Waals surface area contributed by atoms with Crippen LogP contribution in [0.2, 0.25) is 0 Å². The molecule has 1 aromatic carbocycles. The molecule has 0 amide bonds. The number of nitrogens with zero attached hydrogens (tertiary/aromatic N) is 4. The van der Waals surface area contributed by atoms with Crippen molar-refractivity contribution < 1.29 is 9.64 Å². The Kier molecular flexibility index (Phi) is 5.35. The van der Waals surface area contributed by atoms with Crippen LogP contribution in [0, 0.1) is 6.92 Å². The zero-order valence-electron chi connectivity index (χ0n) is 17.4. The van der Waals surface area contributed by atoms with Crippen molar-refractivity contribution in [2.45, 2.75) is 51.1 Å². The maximum absolute atomic E-state index is 13.2. The van der Waals surface area contributed by atoms with E-state index in [-0.39, 0.29) is 11.6 Å². The van der Waals surface area contributed by atoms with Crippen LogP contribution in [0.25, 0.3) is 10.9 Å². The van der Waals surface area contributed by atoms with Gasteiger partial charge in [0.15, 0.2) is 6.04 Å². The third-order valence-electron chi connectivity index (χ3n) is 6.58. The maximum Gasteiger partial charge on any atom is 0.258 e. The first-order valence-corrected chi connectivity index (χ1v) is 11.0. The van der Waals surface area contributed by atoms with E-state index in [1.807, 2.05) is 22.9 Å². The number of aromatic amines is 1. The summed E-state index contributed by atoms with van der Waals surface area (Å²) in [4.78, 5) is 17.6. The lowest BCUT2D eigenvalue weighted by Crippen LogP contribution is -3.14. The van der Waals surface area contributed by atoms with Gasteiger partial charge in [-0.2, -0.15) is 0 Å². The van der Waals surface area contributed by atoms with Crippen molar-refractivity contribution in [3.05, 3.63) is 51.6 Å². The molecule has 0 unspecified atom stereocenters. The molecule has 8 nitrogen and oxygen atoms in total. The summed E-state index contributed by atoms with van der Waals surface area (Å²) in [5, 5.41) is 13.9. The predicted molar refractivity (Wildman–Crippen MR) is 113 cm³/mol. The monoisotopic (exact) mass is 409 g/mol. The summed E-state index contributed by atoms with van der Waals surface area (Å²) in [6, 6.07) is 8.25. The second-order valence-corrected chi connectivity index (χ2v) is 8.62. The molecule has 1 saturated carbocycles. The predicted octanol–water partition coefficient (Wildman–Crippen LogP) is 1.33. The van der Waals surface area contributed by atoms with Gasteiger partial charge in [-0.05, 0) is 53.8 Å². The molecular weight excluding hydrogens is 380 g/mol. The van der Waals surface area contributed by atoms with Gasteiger partial charge in [-0.1, -0.05) is 30.9 Å². The fraction of sp³-hybridized carbons (Fsp3) is 0.545. The van der Waals surface area contributed by atoms with E-state index in [4.69, 9.17) is 4.74 Å². The number of rotatable bonds is 4. The first kappa shape index (κ1) is 19.4. The number of H-pyrrole nitrogens is 1. The fourth-order valence-corrected chi connectivity index (χ4v) is 5.00. The Morgan fingerprint density at radius 2 is 1.97 bits per heavy atom. The standard InChI is InChI=1S/C22H28N6O2/c1-15-7-8-19-16(13-15)14-18(22(29)23-19)20(27-9-11-30-12-10-27)21-24-25-26-28(21)17-5-3-2-4-6-17/h7-8,13-14,17,20H,2-6,9-12H2,1H3,(H,23,29)/p+1/t20-/m1/s1. The number of pyridine rings is 1. The van der Waals surface area contributed by atoms with Crippen molar-refractivity contribution in [2.75, 3.05) is 26.3 Å². The van der Waals surface area contributed by atoms with Gasteiger partial charge in [0.25, 0.3) is 5.56 Å². The van der Waals surface area contributed by atoms with Gasteiger partial charge < -0.3 is 14.6 Å². The summed E-state index contributed by atoms with van der Waals surface area (Å²) < 4.78 is 7.61. The molecule has 158 valence electrons. The molecule has 30 heavy (non-hydrogen) atoms. The Balaban J connectivity index is 1.64. The van der Waals surface area contributed by atoms with Gasteiger partial charge in [0.05, 0.1) is 24.8 Å². The molecule has 5 rings (SSSR count). The lowest BCUT2D eigenvalue weighted by atomic mass is 9.95. The summed E-state index contributed by atoms with van der Waals surface area (Å²) in [5.74, 6) is 0.802. The molecule has 2 aliphatic rings. The number of aromatic nitrogens is 5. The van der Waals surface area contributed by atoms with E-state index in [2.05, 4.69) is 33.5 Å². The smallest absolute Gasteiger partial charge is 0.258 e. The first-order valence-electron chi connectivity index (χ1n) is 11.0. The van der Waals surface area contributed by atoms with Crippen molar-refractivity contribution in [2.24, 2.45) is 0 Å². The van der Waals surface area contributed by atoms with E-state index in [0.717, 1.165) is 48.2 Å². The Morgan fingerprint density at radius 1 is 1.17 bits per heavy atom. The molecule has 1 saturated heterocycles. The van der Waals surface area contributed by atoms with Gasteiger partial charge >= 0.3 is 0 Å². The van der Waals surface area contributed by atoms with Gasteiger partial charge in [0.1, 0.15) is 13.1 Å². The second kappa shape index (κ2) is 8.28. The summed E-state index contributed by atoms with van der Waals surface area (Å²) >= 11 is 0. The average Bonchev–Trinajstić information content (AvgIpc) is 3.25. The highest BCUT2D eigenvalue weighted by atomic mass is 16.5. The minimum Gasteiger partial charge on any atom is -0.370 e. The van der Waals surface area contributed by atoms with E-state index in [1.165, 1.54) is 29.7 Å². The zero-order valence-corrected chi connectivity index (χ0v) is 17.4. The van der Waals surface area contributed by atoms with E-state index >= 15 is 0 Å². The molecule has 8 heteroatoms. The van der Waals surface area contributed by atoms with E-state index < -0.39 is 0 Å². The minimum atomic E-state index is -0.209. The van der Waals surface area contributed by atoms with E-state index in [1.54, 1.807) is 0 Å². The zero-order chi connectivity index (χ0) is 20.5. The van der Waals surface area contributed by atoms with E-state index in [0.29, 0.717) is 19.3 Å². The minimum absolute atomic E-state index is 0.0615. The molecule has 0 radical (unpaired) electrons. The Labute approximate surface area is 175 Å². The van der Waals surface area contributed by atoms with Gasteiger partial charge in [-0.25, -0.2) is 4.68 Å². The third kappa shape index (κ3) is 3.65. The summed E-state index contributed by atoms with van der Waals surface area (Å²) in [7, 11) is 0. The number of hydrogen-bond acceptors (Lipinski definition) is 5. The maximum atomic E-state index is 13.2. The quantitative estimate of drug-likeness (QED) is 0.679. The van der Waals surface area contributed by atoms with Crippen LogP contribution in [0.4, 0.5) is 0 Å². The molecule has 0 spiro atoms. The van der Waals surface area contributed by atoms with Crippen LogP contribution in [0.3, 0.4) is 0 Å². The van der Waals surface area contributed by atoms with Crippen LogP contribution in [0.5, 0.6) is 0 Å². The SMILES string of the molecule is Cc1ccc2[nH]c(=O)c([C@H](c3nnnn3C3CCCCC3)[NH+]3CCOCC3)cc2c1. The van der Waals surface area contributed by atoms with Crippen LogP contribution in [-0.4, -0.2) is 51.5 Å². The number of quaternary nitrogens is 1. The van der Waals surface area contributed by atoms with Gasteiger partial charge in [-0.15, -0.1) is 5.10 Å². The largest absolute Gasteiger partial charge is 0.370 e. The molecule has 2 fully saturated rings. The van der Waals surface area contributed by atoms with Crippen molar-refractivity contribution in [1.29, 1.82) is 0 Å². The van der Waals surface area contributed by atoms with Crippen molar-refractivity contribution in [3.8, 4) is 0 Å². The van der Waals surface area contributed by atoms with Crippen molar-refractivity contribution in [1.82, 2.24) is 25.2 Å². The summed E-state index contributed by atoms with van der Waals surface area (Å²) in [6.45, 7) is 5.09. The summed E-state index contributed by atoms with van der Waals surface area (Å²) in [5.41, 5.74) is 2.70. The van der Waals surface area contributed by atoms with Gasteiger partial charge in [0.2, 0.25) is 5.82 Å². The second-order valence-electron chi connectivity index (χ2n) is 8.62. The van der Waals surface area contributed by atoms with Crippen LogP contribution >= 0.6 is 0 Å². The number of fused-ring (bicyclic) bond motifs is 1. The number of morpholine rings is 1. The highest BCUT2D eigenvalue weighted by molar-refractivity contribution is 5.79. The normalized spacial score (nSPS) is 19.9. The molecule has 1 atom stereocenters. The highest BCUT2D eigenvalue weighted by Crippen LogP contribution is 2.30. The number of ether oxygens (including phenoxy) is 1. The molecule has 1 aliphatic heterocycles. The average molecular weight is 410 g/mol.